The normalized spacial score (nSPS) is 10.9. The van der Waals surface area contributed by atoms with E-state index in [1.165, 1.54) is 148 Å². The van der Waals surface area contributed by atoms with Crippen molar-refractivity contribution < 1.29 is 71.9 Å². The van der Waals surface area contributed by atoms with Gasteiger partial charge >= 0.3 is 0 Å². The second-order valence-corrected chi connectivity index (χ2v) is 27.8. The van der Waals surface area contributed by atoms with E-state index in [0.717, 1.165) is 13.0 Å². The summed E-state index contributed by atoms with van der Waals surface area (Å²) in [4.78, 5) is 212. The van der Waals surface area contributed by atoms with Crippen molar-refractivity contribution >= 4 is 146 Å². The van der Waals surface area contributed by atoms with Crippen molar-refractivity contribution in [1.82, 2.24) is 97.5 Å². The fraction of sp³-hybridized carbons (Fsp3) is 0.320. The molecule has 120 heavy (non-hydrogen) atoms. The number of aryl methyl sites for hydroxylation is 10. The minimum absolute atomic E-state index is 0.0252. The number of imidazole rings is 4. The summed E-state index contributed by atoms with van der Waals surface area (Å²) in [6.07, 6.45) is 15.6. The van der Waals surface area contributed by atoms with Gasteiger partial charge in [0.15, 0.2) is 23.3 Å². The Balaban J connectivity index is 0.600. The van der Waals surface area contributed by atoms with Gasteiger partial charge in [-0.2, -0.15) is 0 Å². The molecule has 0 saturated heterocycles. The minimum atomic E-state index is -0.684. The number of hydrogen-bond donors (Lipinski definition) is 16. The van der Waals surface area contributed by atoms with Crippen LogP contribution < -0.4 is 85.1 Å². The minimum Gasteiger partial charge on any atom is -0.356 e. The first kappa shape index (κ1) is 86.9. The van der Waals surface area contributed by atoms with Crippen molar-refractivity contribution in [3.05, 3.63) is 156 Å². The number of nitrogens with one attached hydrogen (secondary N) is 16. The first-order valence-corrected chi connectivity index (χ1v) is 37.3. The van der Waals surface area contributed by atoms with Crippen LogP contribution in [0.15, 0.2) is 98.4 Å². The van der Waals surface area contributed by atoms with E-state index in [4.69, 9.17) is 0 Å². The zero-order valence-corrected chi connectivity index (χ0v) is 67.6. The molecule has 0 spiro atoms. The van der Waals surface area contributed by atoms with Crippen LogP contribution in [0.25, 0.3) is 0 Å². The van der Waals surface area contributed by atoms with Crippen LogP contribution in [0.2, 0.25) is 0 Å². The first-order valence-electron chi connectivity index (χ1n) is 37.3. The first-order chi connectivity index (χ1) is 57.1. The lowest BCUT2D eigenvalue weighted by Crippen LogP contribution is -2.32. The van der Waals surface area contributed by atoms with Crippen LogP contribution in [0.1, 0.15) is 151 Å². The summed E-state index contributed by atoms with van der Waals surface area (Å²) in [6.45, 7) is 2.58. The summed E-state index contributed by atoms with van der Waals surface area (Å²) < 4.78 is 14.5. The van der Waals surface area contributed by atoms with Gasteiger partial charge in [0, 0.05) is 198 Å². The molecule has 45 nitrogen and oxygen atoms in total. The molecule has 0 aromatic carbocycles. The highest BCUT2D eigenvalue weighted by atomic mass is 16.2. The number of carbonyl (C=O) groups is 15. The molecular formula is C75H92N30O15. The average Bonchev–Trinajstić information content (AvgIpc) is 1.69. The second kappa shape index (κ2) is 38.8. The van der Waals surface area contributed by atoms with Crippen molar-refractivity contribution in [3.8, 4) is 0 Å². The van der Waals surface area contributed by atoms with Crippen molar-refractivity contribution in [2.45, 2.75) is 45.4 Å². The van der Waals surface area contributed by atoms with E-state index in [-0.39, 0.29) is 168 Å². The Morgan fingerprint density at radius 2 is 0.517 bits per heavy atom. The van der Waals surface area contributed by atoms with Crippen LogP contribution in [0.4, 0.5) is 57.4 Å². The number of nitrogens with zero attached hydrogens (tertiary/aromatic N) is 14. The van der Waals surface area contributed by atoms with Gasteiger partial charge in [-0.15, -0.1) is 0 Å². The zero-order chi connectivity index (χ0) is 86.9. The number of anilines is 10. The Kier molecular flexibility index (Phi) is 28.1. The van der Waals surface area contributed by atoms with Crippen LogP contribution in [0.5, 0.6) is 0 Å². The Bertz CT molecular complexity index is 5640. The van der Waals surface area contributed by atoms with E-state index < -0.39 is 76.8 Å². The van der Waals surface area contributed by atoms with Crippen LogP contribution in [-0.2, 0) is 94.4 Å². The fourth-order valence-electron chi connectivity index (χ4n) is 12.3. The van der Waals surface area contributed by atoms with Crippen molar-refractivity contribution in [2.24, 2.45) is 70.5 Å². The predicted molar refractivity (Wildman–Crippen MR) is 437 cm³/mol. The second-order valence-electron chi connectivity index (χ2n) is 27.8. The number of rotatable bonds is 37. The van der Waals surface area contributed by atoms with Gasteiger partial charge in [0.1, 0.15) is 34.2 Å². The Hall–Kier alpha value is -15.5. The van der Waals surface area contributed by atoms with Crippen molar-refractivity contribution in [2.75, 3.05) is 99.5 Å². The number of hydrogen-bond acceptors (Lipinski definition) is 20. The average molecular weight is 1650 g/mol. The molecule has 10 heterocycles. The summed E-state index contributed by atoms with van der Waals surface area (Å²) in [5, 5.41) is 43.2. The smallest absolute Gasteiger partial charge is 0.292 e. The Morgan fingerprint density at radius 3 is 0.892 bits per heavy atom. The van der Waals surface area contributed by atoms with Gasteiger partial charge in [-0.05, 0) is 62.8 Å². The summed E-state index contributed by atoms with van der Waals surface area (Å²) in [6, 6.07) is 8.75. The van der Waals surface area contributed by atoms with E-state index >= 15 is 0 Å². The molecule has 15 amide bonds. The van der Waals surface area contributed by atoms with Crippen LogP contribution in [0.3, 0.4) is 0 Å². The van der Waals surface area contributed by atoms with Gasteiger partial charge in [-0.3, -0.25) is 71.9 Å². The fourth-order valence-corrected chi connectivity index (χ4v) is 12.3. The van der Waals surface area contributed by atoms with Gasteiger partial charge in [0.05, 0.1) is 34.1 Å². The van der Waals surface area contributed by atoms with E-state index in [1.54, 1.807) is 73.3 Å². The largest absolute Gasteiger partial charge is 0.356 e. The lowest BCUT2D eigenvalue weighted by Gasteiger charge is -2.07. The highest BCUT2D eigenvalue weighted by molar-refractivity contribution is 6.10. The molecule has 0 fully saturated rings. The molecule has 10 aromatic heterocycles. The number of aromatic nitrogens is 14. The monoisotopic (exact) mass is 1650 g/mol. The number of carbonyl (C=O) groups excluding carboxylic acids is 15. The van der Waals surface area contributed by atoms with Crippen LogP contribution in [0, 0.1) is 0 Å². The lowest BCUT2D eigenvalue weighted by molar-refractivity contribution is -0.121. The van der Waals surface area contributed by atoms with Gasteiger partial charge in [-0.1, -0.05) is 0 Å². The molecule has 10 rings (SSSR count). The van der Waals surface area contributed by atoms with Gasteiger partial charge in [-0.25, -0.2) is 19.9 Å². The molecule has 0 aliphatic carbocycles. The van der Waals surface area contributed by atoms with Crippen LogP contribution >= 0.6 is 0 Å². The number of amides is 15. The van der Waals surface area contributed by atoms with Crippen molar-refractivity contribution in [1.29, 1.82) is 0 Å². The molecule has 45 heteroatoms. The summed E-state index contributed by atoms with van der Waals surface area (Å²) in [5.41, 5.74) is 2.77. The molecule has 0 atom stereocenters. The molecule has 0 bridgehead atoms. The maximum Gasteiger partial charge on any atom is 0.292 e. The highest BCUT2D eigenvalue weighted by Crippen LogP contribution is 2.24. The topological polar surface area (TPSA) is 549 Å². The molecule has 0 aliphatic rings. The van der Waals surface area contributed by atoms with E-state index in [0.29, 0.717) is 23.6 Å². The lowest BCUT2D eigenvalue weighted by atomic mass is 10.3. The van der Waals surface area contributed by atoms with Crippen LogP contribution in [-0.4, -0.2) is 201 Å². The summed E-state index contributed by atoms with van der Waals surface area (Å²) in [7, 11) is 17.6. The van der Waals surface area contributed by atoms with Crippen molar-refractivity contribution in [3.63, 3.8) is 0 Å². The molecular weight excluding hydrogens is 1560 g/mol. The quantitative estimate of drug-likeness (QED) is 0.0246. The maximum atomic E-state index is 13.6. The van der Waals surface area contributed by atoms with Gasteiger partial charge < -0.3 is 131 Å². The van der Waals surface area contributed by atoms with E-state index in [9.17, 15) is 71.9 Å². The zero-order valence-electron chi connectivity index (χ0n) is 67.6. The Labute approximate surface area is 683 Å². The van der Waals surface area contributed by atoms with Gasteiger partial charge in [0.25, 0.3) is 59.1 Å². The molecule has 16 N–H and O–H groups in total. The highest BCUT2D eigenvalue weighted by Gasteiger charge is 2.26. The standard InChI is InChI=1S/C75H92N30O15/c1-41(106)82-54-37-104(11)65(90-54)75(120)95-57-40-103(10)63(93-57)73(118)81-24-18-61(110)89-55-38-105(12)64(91-55)74(119)88-47-30-53(101(8)36-47)71(116)94-56-39-102(9)62(92-56)72(117)78-20-13-15-59(108)83-42-25-50(98(5)31-42)69(114)87-46-29-52(100(7)35-46)70(115)86-45-28-49(97(4)34-45)67(112)80-23-17-60(109)84-43-26-51(99(6)32-43)68(113)85-44-27-48(96(3)33-44)66(111)79-22-16-58(107)77-21-14-19-76-2/h25-40,76H,13-24H2,1-12H3,(H,77,107)(H,78,117)(H,79,111)(H,80,112)(H,81,118)(H,82,106)(H,83,108)(H,84,109)(H,85,113)(H,86,115)(H,87,114)(H,88,119)(H,89,110)(H,94,116)(H,95,120). The third kappa shape index (κ3) is 22.8. The van der Waals surface area contributed by atoms with E-state index in [1.807, 2.05) is 7.05 Å². The maximum absolute atomic E-state index is 13.6. The third-order valence-corrected chi connectivity index (χ3v) is 18.1. The summed E-state index contributed by atoms with van der Waals surface area (Å²) in [5.74, 6) is -7.74. The van der Waals surface area contributed by atoms with E-state index in [2.05, 4.69) is 105 Å². The molecule has 0 aliphatic heterocycles. The summed E-state index contributed by atoms with van der Waals surface area (Å²) >= 11 is 0. The SMILES string of the molecule is CNCCCNC(=O)CCNC(=O)c1cc(NC(=O)c2cc(NC(=O)CCNC(=O)c3cc(NC(=O)c4cc(NC(=O)c5cc(NC(=O)CCCNC(=O)c6nc(NC(=O)c7cc(NC(=O)c8nc(NC(=O)CCNC(=O)c9nc(NC(=O)c%10nc(NC(C)=O)cn%10C)cn9C)cn8C)cn7C)cn6C)cn5C)cn4C)cn3C)cn2C)cn1C. The molecule has 632 valence electrons. The Morgan fingerprint density at radius 1 is 0.250 bits per heavy atom. The molecule has 10 aromatic rings. The third-order valence-electron chi connectivity index (χ3n) is 18.1. The molecule has 0 saturated carbocycles. The predicted octanol–water partition coefficient (Wildman–Crippen LogP) is 1.64. The molecule has 0 radical (unpaired) electrons. The molecule has 0 unspecified atom stereocenters. The van der Waals surface area contributed by atoms with Gasteiger partial charge in [0.2, 0.25) is 52.8 Å².